The fourth-order valence-corrected chi connectivity index (χ4v) is 3.27. The molecule has 0 aliphatic heterocycles. The summed E-state index contributed by atoms with van der Waals surface area (Å²) in [5.41, 5.74) is 2.79. The highest BCUT2D eigenvalue weighted by Crippen LogP contribution is 2.27. The van der Waals surface area contributed by atoms with Crippen molar-refractivity contribution in [1.29, 1.82) is 0 Å². The molecule has 0 radical (unpaired) electrons. The second-order valence-electron chi connectivity index (χ2n) is 6.68. The Hall–Kier alpha value is -3.32. The Morgan fingerprint density at radius 1 is 1.13 bits per heavy atom. The highest BCUT2D eigenvalue weighted by atomic mass is 35.5. The number of ketones is 1. The van der Waals surface area contributed by atoms with E-state index in [9.17, 15) is 14.0 Å². The van der Waals surface area contributed by atoms with Gasteiger partial charge in [-0.2, -0.15) is 0 Å². The van der Waals surface area contributed by atoms with Gasteiger partial charge in [-0.15, -0.1) is 10.2 Å². The molecule has 0 bridgehead atoms. The molecule has 0 fully saturated rings. The van der Waals surface area contributed by atoms with Crippen LogP contribution in [0.25, 0.3) is 0 Å². The van der Waals surface area contributed by atoms with Crippen molar-refractivity contribution in [1.82, 2.24) is 4.98 Å². The number of aromatic nitrogens is 1. The lowest BCUT2D eigenvalue weighted by Crippen LogP contribution is -2.06. The number of hydrogen-bond acceptors (Lipinski definition) is 5. The number of aromatic amines is 1. The smallest absolute Gasteiger partial charge is 0.338 e. The van der Waals surface area contributed by atoms with Crippen LogP contribution in [0.1, 0.15) is 44.5 Å². The van der Waals surface area contributed by atoms with Crippen LogP contribution in [0, 0.1) is 19.7 Å². The molecule has 0 aliphatic carbocycles. The molecule has 3 rings (SSSR count). The van der Waals surface area contributed by atoms with Gasteiger partial charge in [-0.3, -0.25) is 4.79 Å². The molecular weight excluding hydrogens is 409 g/mol. The van der Waals surface area contributed by atoms with Gasteiger partial charge in [-0.05, 0) is 51.1 Å². The molecule has 0 spiro atoms. The summed E-state index contributed by atoms with van der Waals surface area (Å²) in [6.45, 7) is 4.79. The zero-order valence-corrected chi connectivity index (χ0v) is 17.4. The average molecular weight is 428 g/mol. The van der Waals surface area contributed by atoms with Gasteiger partial charge in [0.1, 0.15) is 12.4 Å². The molecule has 6 nitrogen and oxygen atoms in total. The number of ether oxygens (including phenoxy) is 1. The minimum absolute atomic E-state index is 0.0533. The molecule has 0 saturated carbocycles. The second kappa shape index (κ2) is 9.00. The SMILES string of the molecule is CC(=O)c1c(C)[nH]c(N=Nc2cccc(C(=O)OCc3c(F)cccc3Cl)c2)c1C. The lowest BCUT2D eigenvalue weighted by Gasteiger charge is -2.08. The van der Waals surface area contributed by atoms with Gasteiger partial charge in [0.25, 0.3) is 0 Å². The number of benzene rings is 2. The quantitative estimate of drug-likeness (QED) is 0.280. The van der Waals surface area contributed by atoms with Crippen LogP contribution in [0.3, 0.4) is 0 Å². The average Bonchev–Trinajstić information content (AvgIpc) is 2.99. The second-order valence-corrected chi connectivity index (χ2v) is 7.09. The molecule has 8 heteroatoms. The van der Waals surface area contributed by atoms with Gasteiger partial charge in [0.05, 0.1) is 16.3 Å². The number of rotatable bonds is 6. The molecule has 154 valence electrons. The Labute approximate surface area is 177 Å². The minimum atomic E-state index is -0.642. The van der Waals surface area contributed by atoms with E-state index in [1.165, 1.54) is 31.2 Å². The van der Waals surface area contributed by atoms with Crippen molar-refractivity contribution >= 4 is 34.9 Å². The molecule has 1 heterocycles. The Morgan fingerprint density at radius 2 is 1.87 bits per heavy atom. The van der Waals surface area contributed by atoms with E-state index in [0.717, 1.165) is 5.69 Å². The van der Waals surface area contributed by atoms with E-state index < -0.39 is 11.8 Å². The van der Waals surface area contributed by atoms with Crippen LogP contribution >= 0.6 is 11.6 Å². The molecule has 2 aromatic carbocycles. The number of esters is 1. The van der Waals surface area contributed by atoms with Gasteiger partial charge in [0.2, 0.25) is 0 Å². The number of carbonyl (C=O) groups excluding carboxylic acids is 2. The molecule has 0 aliphatic rings. The first-order valence-corrected chi connectivity index (χ1v) is 9.47. The maximum atomic E-state index is 13.8. The van der Waals surface area contributed by atoms with Crippen molar-refractivity contribution in [2.45, 2.75) is 27.4 Å². The predicted octanol–water partition coefficient (Wildman–Crippen LogP) is 6.40. The van der Waals surface area contributed by atoms with Crippen molar-refractivity contribution in [3.8, 4) is 0 Å². The highest BCUT2D eigenvalue weighted by Gasteiger charge is 2.15. The molecule has 1 N–H and O–H groups in total. The van der Waals surface area contributed by atoms with Gasteiger partial charge in [-0.1, -0.05) is 23.7 Å². The summed E-state index contributed by atoms with van der Waals surface area (Å²) in [5, 5.41) is 8.48. The van der Waals surface area contributed by atoms with Gasteiger partial charge >= 0.3 is 5.97 Å². The van der Waals surface area contributed by atoms with E-state index in [1.54, 1.807) is 32.0 Å². The van der Waals surface area contributed by atoms with Gasteiger partial charge in [-0.25, -0.2) is 9.18 Å². The first-order valence-electron chi connectivity index (χ1n) is 9.10. The first kappa shape index (κ1) is 21.4. The molecule has 3 aromatic rings. The van der Waals surface area contributed by atoms with Gasteiger partial charge in [0, 0.05) is 22.4 Å². The molecule has 0 amide bonds. The molecule has 0 saturated heterocycles. The number of hydrogen-bond donors (Lipinski definition) is 1. The Balaban J connectivity index is 1.75. The summed E-state index contributed by atoms with van der Waals surface area (Å²) in [4.78, 5) is 27.1. The summed E-state index contributed by atoms with van der Waals surface area (Å²) in [7, 11) is 0. The van der Waals surface area contributed by atoms with Crippen molar-refractivity contribution in [3.63, 3.8) is 0 Å². The summed E-state index contributed by atoms with van der Waals surface area (Å²) in [6.07, 6.45) is 0. The number of H-pyrrole nitrogens is 1. The van der Waals surface area contributed by atoms with Gasteiger partial charge in [0.15, 0.2) is 11.6 Å². The minimum Gasteiger partial charge on any atom is -0.457 e. The topological polar surface area (TPSA) is 83.9 Å². The maximum absolute atomic E-state index is 13.8. The normalized spacial score (nSPS) is 11.1. The number of Topliss-reactive ketones (excluding diaryl/α,β-unsaturated/α-hetero) is 1. The van der Waals surface area contributed by atoms with E-state index in [1.807, 2.05) is 0 Å². The third-order valence-electron chi connectivity index (χ3n) is 4.52. The molecule has 0 unspecified atom stereocenters. The first-order chi connectivity index (χ1) is 14.3. The fourth-order valence-electron chi connectivity index (χ4n) is 3.06. The van der Waals surface area contributed by atoms with Crippen LogP contribution in [-0.4, -0.2) is 16.7 Å². The van der Waals surface area contributed by atoms with Crippen LogP contribution in [0.15, 0.2) is 52.7 Å². The van der Waals surface area contributed by atoms with Crippen LogP contribution < -0.4 is 0 Å². The molecule has 1 aromatic heterocycles. The molecular formula is C22H19ClFN3O3. The van der Waals surface area contributed by atoms with E-state index in [0.29, 0.717) is 22.6 Å². The lowest BCUT2D eigenvalue weighted by molar-refractivity contribution is 0.0469. The van der Waals surface area contributed by atoms with Crippen LogP contribution in [-0.2, 0) is 11.3 Å². The largest absolute Gasteiger partial charge is 0.457 e. The van der Waals surface area contributed by atoms with Crippen LogP contribution in [0.2, 0.25) is 5.02 Å². The summed E-state index contributed by atoms with van der Waals surface area (Å²) in [5.74, 6) is -0.765. The number of nitrogens with one attached hydrogen (secondary N) is 1. The number of nitrogens with zero attached hydrogens (tertiary/aromatic N) is 2. The summed E-state index contributed by atoms with van der Waals surface area (Å²) < 4.78 is 19.0. The number of azo groups is 1. The molecule has 0 atom stereocenters. The van der Waals surface area contributed by atoms with Crippen molar-refractivity contribution in [2.75, 3.05) is 0 Å². The predicted molar refractivity (Wildman–Crippen MR) is 111 cm³/mol. The molecule has 30 heavy (non-hydrogen) atoms. The standard InChI is InChI=1S/C22H19ClFN3O3/c1-12-20(14(3)28)13(2)25-21(12)27-26-16-7-4-6-15(10-16)22(29)30-11-17-18(23)8-5-9-19(17)24/h4-10,25H,11H2,1-3H3. The summed E-state index contributed by atoms with van der Waals surface area (Å²) >= 11 is 5.95. The highest BCUT2D eigenvalue weighted by molar-refractivity contribution is 6.31. The zero-order chi connectivity index (χ0) is 21.8. The number of halogens is 2. The van der Waals surface area contributed by atoms with Crippen molar-refractivity contribution in [3.05, 3.63) is 81.3 Å². The Kier molecular flexibility index (Phi) is 6.42. The lowest BCUT2D eigenvalue weighted by atomic mass is 10.1. The fraction of sp³-hybridized carbons (Fsp3) is 0.182. The third-order valence-corrected chi connectivity index (χ3v) is 4.87. The Bertz CT molecular complexity index is 1130. The van der Waals surface area contributed by atoms with Crippen LogP contribution in [0.5, 0.6) is 0 Å². The van der Waals surface area contributed by atoms with Gasteiger partial charge < -0.3 is 9.72 Å². The third kappa shape index (κ3) is 4.63. The Morgan fingerprint density at radius 3 is 2.53 bits per heavy atom. The zero-order valence-electron chi connectivity index (χ0n) is 16.6. The monoisotopic (exact) mass is 427 g/mol. The number of aryl methyl sites for hydroxylation is 1. The van der Waals surface area contributed by atoms with E-state index >= 15 is 0 Å². The summed E-state index contributed by atoms with van der Waals surface area (Å²) in [6, 6.07) is 10.6. The maximum Gasteiger partial charge on any atom is 0.338 e. The van der Waals surface area contributed by atoms with E-state index in [-0.39, 0.29) is 28.5 Å². The van der Waals surface area contributed by atoms with E-state index in [2.05, 4.69) is 15.2 Å². The van der Waals surface area contributed by atoms with E-state index in [4.69, 9.17) is 16.3 Å². The van der Waals surface area contributed by atoms with Crippen molar-refractivity contribution in [2.24, 2.45) is 10.2 Å². The van der Waals surface area contributed by atoms with Crippen LogP contribution in [0.4, 0.5) is 15.9 Å². The van der Waals surface area contributed by atoms with Crippen molar-refractivity contribution < 1.29 is 18.7 Å². The number of carbonyl (C=O) groups is 2.